The van der Waals surface area contributed by atoms with Gasteiger partial charge in [-0.1, -0.05) is 24.3 Å². The largest absolute Gasteiger partial charge is 0.497 e. The van der Waals surface area contributed by atoms with Crippen LogP contribution in [0.3, 0.4) is 0 Å². The van der Waals surface area contributed by atoms with Crippen LogP contribution in [0, 0.1) is 6.92 Å². The van der Waals surface area contributed by atoms with Crippen molar-refractivity contribution in [2.24, 2.45) is 0 Å². The summed E-state index contributed by atoms with van der Waals surface area (Å²) in [6.07, 6.45) is -2.86. The highest BCUT2D eigenvalue weighted by Crippen LogP contribution is 2.40. The molecule has 5 rings (SSSR count). The number of fused-ring (bicyclic) bond motifs is 1. The molecule has 1 N–H and O–H groups in total. The summed E-state index contributed by atoms with van der Waals surface area (Å²) in [5, 5.41) is 15.5. The Morgan fingerprint density at radius 2 is 1.91 bits per heavy atom. The first kappa shape index (κ1) is 22.5. The summed E-state index contributed by atoms with van der Waals surface area (Å²) in [4.78, 5) is 17.2. The predicted octanol–water partition coefficient (Wildman–Crippen LogP) is 4.53. The fourth-order valence-electron chi connectivity index (χ4n) is 4.19. The quantitative estimate of drug-likeness (QED) is 0.461. The van der Waals surface area contributed by atoms with E-state index in [0.29, 0.717) is 34.1 Å². The van der Waals surface area contributed by atoms with Crippen molar-refractivity contribution in [3.05, 3.63) is 77.1 Å². The number of halogens is 3. The molecule has 0 spiro atoms. The fraction of sp³-hybridized carbons (Fsp3) is 0.208. The molecular formula is C24H19F3N6O2. The number of benzene rings is 2. The summed E-state index contributed by atoms with van der Waals surface area (Å²) >= 11 is 0. The molecule has 35 heavy (non-hydrogen) atoms. The van der Waals surface area contributed by atoms with Crippen LogP contribution >= 0.6 is 0 Å². The highest BCUT2D eigenvalue weighted by molar-refractivity contribution is 5.95. The number of carbonyl (C=O) groups excluding carboxylic acids is 1. The van der Waals surface area contributed by atoms with Crippen molar-refractivity contribution in [3.8, 4) is 23.0 Å². The molecule has 0 fully saturated rings. The zero-order valence-corrected chi connectivity index (χ0v) is 18.7. The molecule has 0 bridgehead atoms. The van der Waals surface area contributed by atoms with Crippen LogP contribution in [0.2, 0.25) is 0 Å². The molecule has 11 heteroatoms. The SMILES string of the molecule is COc1cccc(-c2cnnc(-n3nc(C)c4c3NC(=O)C[C@H]4c3ccc(C(F)(F)F)cc3)n2)c1. The topological polar surface area (TPSA) is 94.8 Å². The zero-order chi connectivity index (χ0) is 24.7. The second kappa shape index (κ2) is 8.49. The van der Waals surface area contributed by atoms with E-state index in [1.54, 1.807) is 20.1 Å². The van der Waals surface area contributed by atoms with Crippen molar-refractivity contribution in [2.45, 2.75) is 25.4 Å². The van der Waals surface area contributed by atoms with Gasteiger partial charge in [-0.25, -0.2) is 4.98 Å². The molecule has 0 saturated carbocycles. The van der Waals surface area contributed by atoms with E-state index in [2.05, 4.69) is 25.6 Å². The summed E-state index contributed by atoms with van der Waals surface area (Å²) in [5.74, 6) is 0.405. The summed E-state index contributed by atoms with van der Waals surface area (Å²) in [6.45, 7) is 1.77. The summed E-state index contributed by atoms with van der Waals surface area (Å²) in [6, 6.07) is 12.1. The molecule has 1 aliphatic rings. The maximum Gasteiger partial charge on any atom is 0.416 e. The Morgan fingerprint density at radius 3 is 2.63 bits per heavy atom. The molecule has 178 valence electrons. The number of hydrogen-bond acceptors (Lipinski definition) is 6. The summed E-state index contributed by atoms with van der Waals surface area (Å²) in [7, 11) is 1.57. The van der Waals surface area contributed by atoms with Gasteiger partial charge in [0, 0.05) is 23.5 Å². The van der Waals surface area contributed by atoms with Gasteiger partial charge in [0.15, 0.2) is 0 Å². The molecule has 8 nitrogen and oxygen atoms in total. The highest BCUT2D eigenvalue weighted by Gasteiger charge is 2.35. The van der Waals surface area contributed by atoms with Gasteiger partial charge in [0.25, 0.3) is 5.95 Å². The lowest BCUT2D eigenvalue weighted by molar-refractivity contribution is -0.137. The zero-order valence-electron chi connectivity index (χ0n) is 18.7. The number of ether oxygens (including phenoxy) is 1. The van der Waals surface area contributed by atoms with Crippen LogP contribution in [0.15, 0.2) is 54.7 Å². The smallest absolute Gasteiger partial charge is 0.416 e. The number of nitrogens with zero attached hydrogens (tertiary/aromatic N) is 5. The second-order valence-corrected chi connectivity index (χ2v) is 8.06. The van der Waals surface area contributed by atoms with Gasteiger partial charge in [0.2, 0.25) is 5.91 Å². The molecule has 1 aliphatic heterocycles. The van der Waals surface area contributed by atoms with Gasteiger partial charge < -0.3 is 10.1 Å². The lowest BCUT2D eigenvalue weighted by Gasteiger charge is -2.24. The van der Waals surface area contributed by atoms with Crippen LogP contribution < -0.4 is 10.1 Å². The first-order valence-corrected chi connectivity index (χ1v) is 10.7. The highest BCUT2D eigenvalue weighted by atomic mass is 19.4. The average Bonchev–Trinajstić information content (AvgIpc) is 3.19. The Balaban J connectivity index is 1.56. The van der Waals surface area contributed by atoms with Crippen molar-refractivity contribution >= 4 is 11.7 Å². The number of carbonyl (C=O) groups is 1. The lowest BCUT2D eigenvalue weighted by atomic mass is 9.85. The van der Waals surface area contributed by atoms with Gasteiger partial charge in [-0.15, -0.1) is 5.10 Å². The minimum Gasteiger partial charge on any atom is -0.497 e. The third kappa shape index (κ3) is 4.20. The lowest BCUT2D eigenvalue weighted by Crippen LogP contribution is -2.25. The van der Waals surface area contributed by atoms with Crippen LogP contribution in [-0.2, 0) is 11.0 Å². The molecular weight excluding hydrogens is 461 g/mol. The van der Waals surface area contributed by atoms with Gasteiger partial charge in [-0.2, -0.15) is 28.1 Å². The van der Waals surface area contributed by atoms with Crippen LogP contribution in [0.5, 0.6) is 5.75 Å². The number of aromatic nitrogens is 5. The van der Waals surface area contributed by atoms with Crippen molar-refractivity contribution in [3.63, 3.8) is 0 Å². The number of rotatable bonds is 4. The molecule has 0 aliphatic carbocycles. The number of amides is 1. The molecule has 0 saturated heterocycles. The van der Waals surface area contributed by atoms with Gasteiger partial charge >= 0.3 is 6.18 Å². The monoisotopic (exact) mass is 480 g/mol. The number of nitrogens with one attached hydrogen (secondary N) is 1. The minimum atomic E-state index is -4.44. The van der Waals surface area contributed by atoms with E-state index in [1.807, 2.05) is 18.2 Å². The number of anilines is 1. The van der Waals surface area contributed by atoms with Crippen LogP contribution in [-0.4, -0.2) is 38.0 Å². The Morgan fingerprint density at radius 1 is 1.14 bits per heavy atom. The second-order valence-electron chi connectivity index (χ2n) is 8.06. The maximum absolute atomic E-state index is 13.0. The normalized spacial score (nSPS) is 15.5. The van der Waals surface area contributed by atoms with Crippen molar-refractivity contribution in [1.29, 1.82) is 0 Å². The van der Waals surface area contributed by atoms with E-state index < -0.39 is 17.7 Å². The molecule has 2 aromatic heterocycles. The molecule has 0 unspecified atom stereocenters. The van der Waals surface area contributed by atoms with E-state index >= 15 is 0 Å². The fourth-order valence-corrected chi connectivity index (χ4v) is 4.19. The summed E-state index contributed by atoms with van der Waals surface area (Å²) in [5.41, 5.74) is 2.41. The molecule has 3 heterocycles. The van der Waals surface area contributed by atoms with E-state index in [1.165, 1.54) is 23.0 Å². The summed E-state index contributed by atoms with van der Waals surface area (Å²) < 4.78 is 45.7. The molecule has 4 aromatic rings. The Labute approximate surface area is 197 Å². The average molecular weight is 480 g/mol. The predicted molar refractivity (Wildman–Crippen MR) is 120 cm³/mol. The van der Waals surface area contributed by atoms with E-state index in [-0.39, 0.29) is 18.3 Å². The molecule has 1 amide bonds. The standard InChI is InChI=1S/C24H19F3N6O2/c1-13-21-18(14-6-8-16(9-7-14)24(25,26)27)11-20(34)30-22(21)33(32-13)23-29-19(12-28-31-23)15-4-3-5-17(10-15)35-2/h3-10,12,18H,11H2,1-2H3,(H,30,34)/t18-/m0/s1. The van der Waals surface area contributed by atoms with Crippen LogP contribution in [0.4, 0.5) is 19.0 Å². The first-order chi connectivity index (χ1) is 16.7. The van der Waals surface area contributed by atoms with Crippen molar-refractivity contribution in [2.75, 3.05) is 12.4 Å². The number of hydrogen-bond donors (Lipinski definition) is 1. The maximum atomic E-state index is 13.0. The molecule has 2 aromatic carbocycles. The van der Waals surface area contributed by atoms with Crippen molar-refractivity contribution in [1.82, 2.24) is 25.0 Å². The Hall–Kier alpha value is -4.28. The number of methoxy groups -OCH3 is 1. The van der Waals surface area contributed by atoms with Crippen LogP contribution in [0.25, 0.3) is 17.2 Å². The van der Waals surface area contributed by atoms with Crippen LogP contribution in [0.1, 0.15) is 34.7 Å². The Bertz CT molecular complexity index is 1420. The number of alkyl halides is 3. The van der Waals surface area contributed by atoms with Gasteiger partial charge in [-0.05, 0) is 36.8 Å². The number of aryl methyl sites for hydroxylation is 1. The molecule has 0 radical (unpaired) electrons. The molecule has 1 atom stereocenters. The van der Waals surface area contributed by atoms with E-state index in [0.717, 1.165) is 17.7 Å². The van der Waals surface area contributed by atoms with Gasteiger partial charge in [0.05, 0.1) is 30.3 Å². The first-order valence-electron chi connectivity index (χ1n) is 10.7. The van der Waals surface area contributed by atoms with Crippen molar-refractivity contribution < 1.29 is 22.7 Å². The minimum absolute atomic E-state index is 0.0772. The third-order valence-electron chi connectivity index (χ3n) is 5.85. The third-order valence-corrected chi connectivity index (χ3v) is 5.85. The van der Waals surface area contributed by atoms with Gasteiger partial charge in [0.1, 0.15) is 11.6 Å². The Kier molecular flexibility index (Phi) is 5.46. The van der Waals surface area contributed by atoms with E-state index in [4.69, 9.17) is 4.74 Å². The van der Waals surface area contributed by atoms with Gasteiger partial charge in [-0.3, -0.25) is 4.79 Å². The van der Waals surface area contributed by atoms with E-state index in [9.17, 15) is 18.0 Å².